The van der Waals surface area contributed by atoms with E-state index in [4.69, 9.17) is 10.5 Å². The van der Waals surface area contributed by atoms with Crippen molar-refractivity contribution in [1.82, 2.24) is 14.5 Å². The molecule has 0 fully saturated rings. The first kappa shape index (κ1) is 14.7. The number of esters is 1. The van der Waals surface area contributed by atoms with Gasteiger partial charge in [-0.25, -0.2) is 14.8 Å². The van der Waals surface area contributed by atoms with Crippen LogP contribution in [0.4, 0.5) is 5.82 Å². The van der Waals surface area contributed by atoms with Gasteiger partial charge in [0.1, 0.15) is 12.2 Å². The summed E-state index contributed by atoms with van der Waals surface area (Å²) in [5.74, 6) is -0.578. The first-order valence-electron chi connectivity index (χ1n) is 6.06. The van der Waals surface area contributed by atoms with Crippen LogP contribution in [0.1, 0.15) is 23.8 Å². The number of carbonyl (C=O) groups is 1. The molecule has 0 unspecified atom stereocenters. The quantitative estimate of drug-likeness (QED) is 0.659. The number of ether oxygens (including phenoxy) is 2. The molecule has 0 aliphatic heterocycles. The van der Waals surface area contributed by atoms with Crippen molar-refractivity contribution < 1.29 is 14.3 Å². The van der Waals surface area contributed by atoms with Crippen molar-refractivity contribution in [2.75, 3.05) is 19.5 Å². The number of methoxy groups -OCH3 is 1. The molecule has 2 N–H and O–H groups in total. The van der Waals surface area contributed by atoms with Crippen LogP contribution in [0.2, 0.25) is 0 Å². The van der Waals surface area contributed by atoms with Crippen LogP contribution in [0.5, 0.6) is 0 Å². The Morgan fingerprint density at radius 1 is 1.50 bits per heavy atom. The van der Waals surface area contributed by atoms with E-state index >= 15 is 0 Å². The van der Waals surface area contributed by atoms with Gasteiger partial charge in [0.25, 0.3) is 0 Å². The largest absolute Gasteiger partial charge is 0.464 e. The normalized spacial score (nSPS) is 10.9. The van der Waals surface area contributed by atoms with Crippen LogP contribution in [0.25, 0.3) is 11.2 Å². The third-order valence-electron chi connectivity index (χ3n) is 2.63. The summed E-state index contributed by atoms with van der Waals surface area (Å²) in [6, 6.07) is 0. The summed E-state index contributed by atoms with van der Waals surface area (Å²) in [5, 5.41) is 0. The van der Waals surface area contributed by atoms with Crippen LogP contribution in [0, 0.1) is 0 Å². The van der Waals surface area contributed by atoms with E-state index in [2.05, 4.69) is 30.6 Å². The fourth-order valence-corrected chi connectivity index (χ4v) is 2.22. The Morgan fingerprint density at radius 2 is 2.25 bits per heavy atom. The molecule has 2 aromatic rings. The molecule has 0 aliphatic rings. The SMILES string of the molecule is CCCOCn1cc(Br)c2nc(C(=O)OC)c(N)nc21. The second-order valence-corrected chi connectivity index (χ2v) is 4.96. The molecular formula is C12H15BrN4O3. The standard InChI is InChI=1S/C12H15BrN4O3/c1-3-4-20-6-17-5-7(13)8-11(17)16-10(14)9(15-8)12(18)19-2/h5H,3-4,6H2,1-2H3,(H2,14,16). The van der Waals surface area contributed by atoms with E-state index in [1.54, 1.807) is 10.8 Å². The molecule has 0 atom stereocenters. The minimum Gasteiger partial charge on any atom is -0.464 e. The Kier molecular flexibility index (Phi) is 4.56. The zero-order valence-electron chi connectivity index (χ0n) is 11.2. The highest BCUT2D eigenvalue weighted by Gasteiger charge is 2.18. The van der Waals surface area contributed by atoms with Gasteiger partial charge in [-0.05, 0) is 22.4 Å². The lowest BCUT2D eigenvalue weighted by Gasteiger charge is -2.06. The maximum absolute atomic E-state index is 11.6. The summed E-state index contributed by atoms with van der Waals surface area (Å²) in [6.45, 7) is 3.03. The van der Waals surface area contributed by atoms with Crippen LogP contribution in [-0.4, -0.2) is 34.2 Å². The van der Waals surface area contributed by atoms with E-state index < -0.39 is 5.97 Å². The molecular weight excluding hydrogens is 328 g/mol. The summed E-state index contributed by atoms with van der Waals surface area (Å²) in [5.41, 5.74) is 6.85. The summed E-state index contributed by atoms with van der Waals surface area (Å²) >= 11 is 3.38. The van der Waals surface area contributed by atoms with Crippen molar-refractivity contribution in [3.05, 3.63) is 16.4 Å². The molecule has 20 heavy (non-hydrogen) atoms. The monoisotopic (exact) mass is 342 g/mol. The fraction of sp³-hybridized carbons (Fsp3) is 0.417. The minimum absolute atomic E-state index is 0.00734. The maximum atomic E-state index is 11.6. The van der Waals surface area contributed by atoms with Crippen molar-refractivity contribution >= 4 is 38.9 Å². The highest BCUT2D eigenvalue weighted by Crippen LogP contribution is 2.25. The van der Waals surface area contributed by atoms with E-state index in [9.17, 15) is 4.79 Å². The van der Waals surface area contributed by atoms with E-state index in [1.165, 1.54) is 7.11 Å². The molecule has 0 saturated carbocycles. The Hall–Kier alpha value is -1.67. The van der Waals surface area contributed by atoms with Gasteiger partial charge in [0.05, 0.1) is 11.6 Å². The zero-order valence-corrected chi connectivity index (χ0v) is 12.8. The first-order valence-corrected chi connectivity index (χ1v) is 6.85. The summed E-state index contributed by atoms with van der Waals surface area (Å²) in [7, 11) is 1.27. The number of nitrogens with two attached hydrogens (primary N) is 1. The van der Waals surface area contributed by atoms with E-state index in [-0.39, 0.29) is 11.5 Å². The number of nitrogens with zero attached hydrogens (tertiary/aromatic N) is 3. The van der Waals surface area contributed by atoms with Gasteiger partial charge in [-0.1, -0.05) is 6.92 Å². The number of anilines is 1. The highest BCUT2D eigenvalue weighted by molar-refractivity contribution is 9.10. The Morgan fingerprint density at radius 3 is 2.90 bits per heavy atom. The highest BCUT2D eigenvalue weighted by atomic mass is 79.9. The molecule has 2 rings (SSSR count). The Labute approximate surface area is 124 Å². The van der Waals surface area contributed by atoms with Crippen molar-refractivity contribution in [1.29, 1.82) is 0 Å². The van der Waals surface area contributed by atoms with Crippen LogP contribution < -0.4 is 5.73 Å². The molecule has 0 saturated heterocycles. The predicted molar refractivity (Wildman–Crippen MR) is 77.2 cm³/mol. The molecule has 8 heteroatoms. The van der Waals surface area contributed by atoms with Gasteiger partial charge < -0.3 is 19.8 Å². The van der Waals surface area contributed by atoms with Crippen LogP contribution >= 0.6 is 15.9 Å². The number of fused-ring (bicyclic) bond motifs is 1. The Balaban J connectivity index is 2.44. The summed E-state index contributed by atoms with van der Waals surface area (Å²) < 4.78 is 12.6. The van der Waals surface area contributed by atoms with Crippen molar-refractivity contribution in [3.63, 3.8) is 0 Å². The van der Waals surface area contributed by atoms with Gasteiger partial charge in [-0.2, -0.15) is 0 Å². The lowest BCUT2D eigenvalue weighted by Crippen LogP contribution is -2.11. The lowest BCUT2D eigenvalue weighted by atomic mass is 10.4. The number of hydrogen-bond acceptors (Lipinski definition) is 6. The van der Waals surface area contributed by atoms with E-state index in [0.29, 0.717) is 29.0 Å². The third-order valence-corrected chi connectivity index (χ3v) is 3.21. The zero-order chi connectivity index (χ0) is 14.7. The van der Waals surface area contributed by atoms with E-state index in [0.717, 1.165) is 6.42 Å². The smallest absolute Gasteiger partial charge is 0.360 e. The van der Waals surface area contributed by atoms with Gasteiger partial charge in [-0.15, -0.1) is 0 Å². The number of aromatic nitrogens is 3. The van der Waals surface area contributed by atoms with Crippen LogP contribution in [0.3, 0.4) is 0 Å². The number of hydrogen-bond donors (Lipinski definition) is 1. The molecule has 2 aromatic heterocycles. The van der Waals surface area contributed by atoms with Gasteiger partial charge in [0.2, 0.25) is 0 Å². The number of nitrogen functional groups attached to an aromatic ring is 1. The molecule has 108 valence electrons. The molecule has 7 nitrogen and oxygen atoms in total. The van der Waals surface area contributed by atoms with Crippen molar-refractivity contribution in [3.8, 4) is 0 Å². The molecule has 2 heterocycles. The van der Waals surface area contributed by atoms with Crippen molar-refractivity contribution in [2.24, 2.45) is 0 Å². The van der Waals surface area contributed by atoms with Crippen LogP contribution in [0.15, 0.2) is 10.7 Å². The Bertz CT molecular complexity index is 641. The third kappa shape index (κ3) is 2.75. The van der Waals surface area contributed by atoms with Gasteiger partial charge in [0.15, 0.2) is 17.2 Å². The number of carbonyl (C=O) groups excluding carboxylic acids is 1. The molecule has 0 aromatic carbocycles. The second-order valence-electron chi connectivity index (χ2n) is 4.11. The second kappa shape index (κ2) is 6.19. The molecule has 0 amide bonds. The first-order chi connectivity index (χ1) is 9.58. The van der Waals surface area contributed by atoms with Crippen LogP contribution in [-0.2, 0) is 16.2 Å². The molecule has 0 radical (unpaired) electrons. The number of rotatable bonds is 5. The number of halogens is 1. The molecule has 0 aliphatic carbocycles. The molecule has 0 bridgehead atoms. The summed E-state index contributed by atoms with van der Waals surface area (Å²) in [6.07, 6.45) is 2.72. The van der Waals surface area contributed by atoms with Crippen molar-refractivity contribution in [2.45, 2.75) is 20.1 Å². The average Bonchev–Trinajstić information content (AvgIpc) is 2.73. The van der Waals surface area contributed by atoms with E-state index in [1.807, 2.05) is 6.92 Å². The maximum Gasteiger partial charge on any atom is 0.360 e. The fourth-order valence-electron chi connectivity index (χ4n) is 1.71. The lowest BCUT2D eigenvalue weighted by molar-refractivity contribution is 0.0595. The average molecular weight is 343 g/mol. The van der Waals surface area contributed by atoms with Gasteiger partial charge in [-0.3, -0.25) is 0 Å². The minimum atomic E-state index is -0.612. The molecule has 0 spiro atoms. The predicted octanol–water partition coefficient (Wildman–Crippen LogP) is 1.95. The topological polar surface area (TPSA) is 92.3 Å². The van der Waals surface area contributed by atoms with Gasteiger partial charge >= 0.3 is 5.97 Å². The summed E-state index contributed by atoms with van der Waals surface area (Å²) in [4.78, 5) is 20.0. The van der Waals surface area contributed by atoms with Gasteiger partial charge in [0, 0.05) is 12.8 Å².